The van der Waals surface area contributed by atoms with Crippen LogP contribution >= 0.6 is 0 Å². The minimum absolute atomic E-state index is 0.0135. The Morgan fingerprint density at radius 2 is 1.70 bits per heavy atom. The summed E-state index contributed by atoms with van der Waals surface area (Å²) < 4.78 is 30.6. The monoisotopic (exact) mass is 556 g/mol. The fourth-order valence-electron chi connectivity index (χ4n) is 4.82. The summed E-state index contributed by atoms with van der Waals surface area (Å²) in [6.45, 7) is 7.54. The van der Waals surface area contributed by atoms with E-state index in [4.69, 9.17) is 5.10 Å². The van der Waals surface area contributed by atoms with E-state index in [1.165, 1.54) is 18.2 Å². The van der Waals surface area contributed by atoms with Gasteiger partial charge in [-0.3, -0.25) is 9.52 Å². The van der Waals surface area contributed by atoms with Gasteiger partial charge < -0.3 is 4.90 Å². The average molecular weight is 557 g/mol. The van der Waals surface area contributed by atoms with Gasteiger partial charge in [0.05, 0.1) is 33.7 Å². The molecule has 1 aromatic heterocycles. The van der Waals surface area contributed by atoms with Crippen LogP contribution < -0.4 is 15.0 Å². The predicted molar refractivity (Wildman–Crippen MR) is 158 cm³/mol. The predicted octanol–water partition coefficient (Wildman–Crippen LogP) is 4.96. The lowest BCUT2D eigenvalue weighted by Crippen LogP contribution is -2.23. The highest BCUT2D eigenvalue weighted by molar-refractivity contribution is 7.92. The number of aryl methyl sites for hydroxylation is 3. The molecule has 0 atom stereocenters. The second kappa shape index (κ2) is 11.4. The van der Waals surface area contributed by atoms with Crippen LogP contribution in [0.1, 0.15) is 45.6 Å². The maximum atomic E-state index is 13.0. The van der Waals surface area contributed by atoms with E-state index in [1.54, 1.807) is 18.3 Å². The van der Waals surface area contributed by atoms with Crippen LogP contribution in [-0.4, -0.2) is 43.4 Å². The van der Waals surface area contributed by atoms with E-state index in [9.17, 15) is 13.2 Å². The molecule has 2 heterocycles. The molecule has 1 amide bonds. The molecular formula is C30H32N6O3S. The van der Waals surface area contributed by atoms with E-state index in [-0.39, 0.29) is 10.5 Å². The summed E-state index contributed by atoms with van der Waals surface area (Å²) in [4.78, 5) is 15.2. The Kier molecular flexibility index (Phi) is 7.70. The first kappa shape index (κ1) is 27.1. The van der Waals surface area contributed by atoms with Crippen molar-refractivity contribution in [2.45, 2.75) is 38.5 Å². The SMILES string of the molecule is Cc1ccc(NS(=O)(=O)c2cccc(C(=O)N/N=C\c3c(C)nn(-c4ccccc4)c3N3CCCC3)c2)c(C)c1. The highest BCUT2D eigenvalue weighted by Gasteiger charge is 2.24. The number of para-hydroxylation sites is 1. The largest absolute Gasteiger partial charge is 0.356 e. The molecule has 4 aromatic rings. The van der Waals surface area contributed by atoms with Crippen molar-refractivity contribution >= 4 is 33.7 Å². The first-order valence-corrected chi connectivity index (χ1v) is 14.6. The molecule has 1 aliphatic rings. The van der Waals surface area contributed by atoms with Crippen LogP contribution in [0.3, 0.4) is 0 Å². The molecule has 2 N–H and O–H groups in total. The third-order valence-corrected chi connectivity index (χ3v) is 8.24. The molecule has 10 heteroatoms. The van der Waals surface area contributed by atoms with Crippen molar-refractivity contribution in [3.63, 3.8) is 0 Å². The van der Waals surface area contributed by atoms with Gasteiger partial charge in [0.25, 0.3) is 15.9 Å². The number of amides is 1. The van der Waals surface area contributed by atoms with Gasteiger partial charge >= 0.3 is 0 Å². The Balaban J connectivity index is 1.36. The molecular weight excluding hydrogens is 524 g/mol. The molecule has 3 aromatic carbocycles. The minimum atomic E-state index is -3.90. The summed E-state index contributed by atoms with van der Waals surface area (Å²) in [5.41, 5.74) is 7.62. The van der Waals surface area contributed by atoms with Gasteiger partial charge in [-0.15, -0.1) is 0 Å². The first-order chi connectivity index (χ1) is 19.2. The lowest BCUT2D eigenvalue weighted by Gasteiger charge is -2.20. The maximum absolute atomic E-state index is 13.0. The van der Waals surface area contributed by atoms with Crippen LogP contribution in [0.5, 0.6) is 0 Å². The number of benzene rings is 3. The van der Waals surface area contributed by atoms with Gasteiger partial charge in [0.15, 0.2) is 0 Å². The van der Waals surface area contributed by atoms with Gasteiger partial charge in [0.2, 0.25) is 0 Å². The third-order valence-electron chi connectivity index (χ3n) is 6.88. The molecule has 5 rings (SSSR count). The molecule has 1 fully saturated rings. The molecule has 0 spiro atoms. The van der Waals surface area contributed by atoms with Crippen LogP contribution in [0, 0.1) is 20.8 Å². The number of hydrazone groups is 1. The van der Waals surface area contributed by atoms with Crippen LogP contribution in [-0.2, 0) is 10.0 Å². The lowest BCUT2D eigenvalue weighted by molar-refractivity contribution is 0.0955. The second-order valence-corrected chi connectivity index (χ2v) is 11.6. The van der Waals surface area contributed by atoms with Gasteiger partial charge in [-0.2, -0.15) is 10.2 Å². The Morgan fingerprint density at radius 3 is 2.42 bits per heavy atom. The number of aromatic nitrogens is 2. The number of hydrogen-bond acceptors (Lipinski definition) is 6. The number of carbonyl (C=O) groups excluding carboxylic acids is 1. The zero-order valence-electron chi connectivity index (χ0n) is 22.8. The number of sulfonamides is 1. The molecule has 0 aliphatic carbocycles. The number of carbonyl (C=O) groups is 1. The van der Waals surface area contributed by atoms with Crippen molar-refractivity contribution in [2.75, 3.05) is 22.7 Å². The van der Waals surface area contributed by atoms with E-state index in [0.29, 0.717) is 5.69 Å². The average Bonchev–Trinajstić information content (AvgIpc) is 3.59. The van der Waals surface area contributed by atoms with Crippen LogP contribution in [0.2, 0.25) is 0 Å². The number of rotatable bonds is 8. The van der Waals surface area contributed by atoms with Crippen LogP contribution in [0.4, 0.5) is 11.5 Å². The van der Waals surface area contributed by atoms with Crippen molar-refractivity contribution < 1.29 is 13.2 Å². The van der Waals surface area contributed by atoms with E-state index in [2.05, 4.69) is 20.1 Å². The molecule has 0 bridgehead atoms. The summed E-state index contributed by atoms with van der Waals surface area (Å²) >= 11 is 0. The van der Waals surface area contributed by atoms with Crippen molar-refractivity contribution in [2.24, 2.45) is 5.10 Å². The van der Waals surface area contributed by atoms with Gasteiger partial charge in [-0.25, -0.2) is 18.5 Å². The van der Waals surface area contributed by atoms with Gasteiger partial charge in [-0.05, 0) is 75.6 Å². The zero-order valence-corrected chi connectivity index (χ0v) is 23.6. The molecule has 0 saturated carbocycles. The van der Waals surface area contributed by atoms with E-state index >= 15 is 0 Å². The van der Waals surface area contributed by atoms with Gasteiger partial charge in [0, 0.05) is 18.7 Å². The standard InChI is InChI=1S/C30H32N6O3S/c1-21-14-15-28(22(2)18-21)34-40(38,39)26-13-9-10-24(19-26)29(37)32-31-20-27-23(3)33-36(25-11-5-4-6-12-25)30(27)35-16-7-8-17-35/h4-6,9-15,18-20,34H,7-8,16-17H2,1-3H3,(H,32,37)/b31-20-. The van der Waals surface area contributed by atoms with Gasteiger partial charge in [-0.1, -0.05) is 42.0 Å². The fraction of sp³-hybridized carbons (Fsp3) is 0.233. The molecule has 9 nitrogen and oxygen atoms in total. The maximum Gasteiger partial charge on any atom is 0.271 e. The summed E-state index contributed by atoms with van der Waals surface area (Å²) in [7, 11) is -3.90. The molecule has 0 radical (unpaired) electrons. The smallest absolute Gasteiger partial charge is 0.271 e. The molecule has 1 aliphatic heterocycles. The summed E-state index contributed by atoms with van der Waals surface area (Å²) in [5, 5.41) is 8.99. The summed E-state index contributed by atoms with van der Waals surface area (Å²) in [6.07, 6.45) is 3.81. The summed E-state index contributed by atoms with van der Waals surface area (Å²) in [6, 6.07) is 21.3. The Labute approximate surface area is 234 Å². The quantitative estimate of drug-likeness (QED) is 0.236. The van der Waals surface area contributed by atoms with E-state index in [1.807, 2.05) is 67.9 Å². The highest BCUT2D eigenvalue weighted by Crippen LogP contribution is 2.29. The Hall–Kier alpha value is -4.44. The fourth-order valence-corrected chi connectivity index (χ4v) is 5.99. The third kappa shape index (κ3) is 5.76. The lowest BCUT2D eigenvalue weighted by atomic mass is 10.1. The molecule has 40 heavy (non-hydrogen) atoms. The van der Waals surface area contributed by atoms with Crippen molar-refractivity contribution in [1.82, 2.24) is 15.2 Å². The minimum Gasteiger partial charge on any atom is -0.356 e. The summed E-state index contributed by atoms with van der Waals surface area (Å²) in [5.74, 6) is 0.417. The number of nitrogens with zero attached hydrogens (tertiary/aromatic N) is 4. The topological polar surface area (TPSA) is 109 Å². The zero-order chi connectivity index (χ0) is 28.3. The molecule has 206 valence electrons. The second-order valence-electron chi connectivity index (χ2n) is 9.92. The molecule has 0 unspecified atom stereocenters. The number of nitrogens with one attached hydrogen (secondary N) is 2. The van der Waals surface area contributed by atoms with Crippen molar-refractivity contribution in [3.05, 3.63) is 101 Å². The number of hydrogen-bond donors (Lipinski definition) is 2. The van der Waals surface area contributed by atoms with E-state index in [0.717, 1.165) is 59.8 Å². The van der Waals surface area contributed by atoms with E-state index < -0.39 is 15.9 Å². The van der Waals surface area contributed by atoms with Gasteiger partial charge in [0.1, 0.15) is 5.82 Å². The van der Waals surface area contributed by atoms with Crippen molar-refractivity contribution in [3.8, 4) is 5.69 Å². The highest BCUT2D eigenvalue weighted by atomic mass is 32.2. The Bertz CT molecular complexity index is 1670. The first-order valence-electron chi connectivity index (χ1n) is 13.2. The van der Waals surface area contributed by atoms with Crippen molar-refractivity contribution in [1.29, 1.82) is 0 Å². The normalized spacial score (nSPS) is 13.6. The van der Waals surface area contributed by atoms with Crippen LogP contribution in [0.25, 0.3) is 5.69 Å². The molecule has 1 saturated heterocycles. The number of anilines is 2. The Morgan fingerprint density at radius 1 is 0.950 bits per heavy atom. The van der Waals surface area contributed by atoms with Crippen LogP contribution in [0.15, 0.2) is 82.8 Å².